The third-order valence-corrected chi connectivity index (χ3v) is 5.34. The van der Waals surface area contributed by atoms with Crippen LogP contribution in [0.25, 0.3) is 5.57 Å². The molecular weight excluding hydrogens is 407 g/mol. The Morgan fingerprint density at radius 2 is 1.38 bits per heavy atom. The lowest BCUT2D eigenvalue weighted by atomic mass is 10.0. The average molecular weight is 423 g/mol. The minimum absolute atomic E-state index is 0.281. The number of rotatable bonds is 4. The van der Waals surface area contributed by atoms with Crippen LogP contribution in [0, 0.1) is 0 Å². The molecule has 0 bridgehead atoms. The first-order valence-electron chi connectivity index (χ1n) is 8.91. The number of imide groups is 1. The molecule has 29 heavy (non-hydrogen) atoms. The number of carbonyl (C=O) groups is 2. The molecular formula is C23H16Cl2N2O2. The Balaban J connectivity index is 1.90. The van der Waals surface area contributed by atoms with Gasteiger partial charge in [0, 0.05) is 17.8 Å². The zero-order chi connectivity index (χ0) is 20.5. The smallest absolute Gasteiger partial charge is 0.282 e. The topological polar surface area (TPSA) is 40.6 Å². The van der Waals surface area contributed by atoms with E-state index in [2.05, 4.69) is 0 Å². The number of nitrogens with zero attached hydrogens (tertiary/aromatic N) is 2. The van der Waals surface area contributed by atoms with E-state index in [1.54, 1.807) is 60.5 Å². The molecule has 1 heterocycles. The molecule has 0 aromatic heterocycles. The third kappa shape index (κ3) is 3.41. The van der Waals surface area contributed by atoms with Crippen LogP contribution < -0.4 is 9.80 Å². The fraction of sp³-hybridized carbons (Fsp3) is 0.0435. The van der Waals surface area contributed by atoms with Gasteiger partial charge in [-0.15, -0.1) is 0 Å². The highest BCUT2D eigenvalue weighted by molar-refractivity contribution is 6.48. The Morgan fingerprint density at radius 1 is 0.759 bits per heavy atom. The van der Waals surface area contributed by atoms with Gasteiger partial charge in [-0.3, -0.25) is 9.59 Å². The van der Waals surface area contributed by atoms with Crippen LogP contribution >= 0.6 is 23.2 Å². The van der Waals surface area contributed by atoms with E-state index < -0.39 is 11.8 Å². The standard InChI is InChI=1S/C23H16Cl2N2O2/c1-26(17-7-3-2-4-8-17)21-20(15-11-13-16(24)14-12-15)22(28)27(23(21)29)19-10-6-5-9-18(19)25/h2-14H,1H3. The van der Waals surface area contributed by atoms with Gasteiger partial charge in [0.2, 0.25) is 0 Å². The average Bonchev–Trinajstić information content (AvgIpc) is 2.99. The largest absolute Gasteiger partial charge is 0.339 e. The van der Waals surface area contributed by atoms with Crippen LogP contribution in [0.5, 0.6) is 0 Å². The number of hydrogen-bond acceptors (Lipinski definition) is 3. The minimum Gasteiger partial charge on any atom is -0.339 e. The first-order valence-corrected chi connectivity index (χ1v) is 9.67. The molecule has 4 nitrogen and oxygen atoms in total. The van der Waals surface area contributed by atoms with Gasteiger partial charge in [-0.25, -0.2) is 4.90 Å². The van der Waals surface area contributed by atoms with Crippen molar-refractivity contribution in [1.29, 1.82) is 0 Å². The zero-order valence-electron chi connectivity index (χ0n) is 15.5. The van der Waals surface area contributed by atoms with E-state index in [4.69, 9.17) is 23.2 Å². The fourth-order valence-corrected chi connectivity index (χ4v) is 3.68. The van der Waals surface area contributed by atoms with Gasteiger partial charge in [-0.2, -0.15) is 0 Å². The predicted molar refractivity (Wildman–Crippen MR) is 117 cm³/mol. The molecule has 0 atom stereocenters. The molecule has 3 aromatic rings. The molecule has 2 amide bonds. The van der Waals surface area contributed by atoms with E-state index in [0.717, 1.165) is 10.6 Å². The van der Waals surface area contributed by atoms with Crippen molar-refractivity contribution in [2.75, 3.05) is 16.8 Å². The van der Waals surface area contributed by atoms with Gasteiger partial charge >= 0.3 is 0 Å². The van der Waals surface area contributed by atoms with E-state index in [1.165, 1.54) is 0 Å². The van der Waals surface area contributed by atoms with Crippen molar-refractivity contribution < 1.29 is 9.59 Å². The molecule has 6 heteroatoms. The summed E-state index contributed by atoms with van der Waals surface area (Å²) in [5.74, 6) is -0.859. The number of para-hydroxylation sites is 2. The number of anilines is 2. The molecule has 3 aromatic carbocycles. The predicted octanol–water partition coefficient (Wildman–Crippen LogP) is 5.41. The molecule has 1 aliphatic rings. The summed E-state index contributed by atoms with van der Waals surface area (Å²) < 4.78 is 0. The summed E-state index contributed by atoms with van der Waals surface area (Å²) in [6, 6.07) is 23.1. The first kappa shape index (κ1) is 19.2. The van der Waals surface area contributed by atoms with Crippen LogP contribution in [0.1, 0.15) is 5.56 Å². The Morgan fingerprint density at radius 3 is 2.03 bits per heavy atom. The highest BCUT2D eigenvalue weighted by atomic mass is 35.5. The number of likely N-dealkylation sites (N-methyl/N-ethyl adjacent to an activating group) is 1. The molecule has 0 spiro atoms. The molecule has 144 valence electrons. The lowest BCUT2D eigenvalue weighted by Gasteiger charge is -2.22. The van der Waals surface area contributed by atoms with Crippen LogP contribution in [-0.2, 0) is 9.59 Å². The Bertz CT molecular complexity index is 1130. The highest BCUT2D eigenvalue weighted by Crippen LogP contribution is 2.38. The van der Waals surface area contributed by atoms with Gasteiger partial charge in [0.25, 0.3) is 11.8 Å². The maximum atomic E-state index is 13.5. The Labute approximate surface area is 178 Å². The van der Waals surface area contributed by atoms with Crippen LogP contribution in [0.15, 0.2) is 84.6 Å². The summed E-state index contributed by atoms with van der Waals surface area (Å²) >= 11 is 12.3. The highest BCUT2D eigenvalue weighted by Gasteiger charge is 2.42. The molecule has 0 saturated heterocycles. The molecule has 1 aliphatic heterocycles. The molecule has 4 rings (SSSR count). The van der Waals surface area contributed by atoms with Crippen molar-refractivity contribution >= 4 is 52.0 Å². The molecule has 0 saturated carbocycles. The van der Waals surface area contributed by atoms with Gasteiger partial charge in [-0.1, -0.05) is 65.7 Å². The van der Waals surface area contributed by atoms with Crippen molar-refractivity contribution in [2.24, 2.45) is 0 Å². The quantitative estimate of drug-likeness (QED) is 0.527. The molecule has 0 unspecified atom stereocenters. The summed E-state index contributed by atoms with van der Waals surface area (Å²) in [6.07, 6.45) is 0. The summed E-state index contributed by atoms with van der Waals surface area (Å²) in [5, 5.41) is 0.875. The number of halogens is 2. The first-order chi connectivity index (χ1) is 14.0. The second-order valence-electron chi connectivity index (χ2n) is 6.52. The van der Waals surface area contributed by atoms with E-state index in [0.29, 0.717) is 26.9 Å². The van der Waals surface area contributed by atoms with Crippen molar-refractivity contribution in [3.8, 4) is 0 Å². The second-order valence-corrected chi connectivity index (χ2v) is 7.37. The number of amides is 2. The number of hydrogen-bond donors (Lipinski definition) is 0. The molecule has 0 radical (unpaired) electrons. The normalized spacial score (nSPS) is 14.0. The molecule has 0 N–H and O–H groups in total. The van der Waals surface area contributed by atoms with Crippen molar-refractivity contribution in [2.45, 2.75) is 0 Å². The SMILES string of the molecule is CN(C1=C(c2ccc(Cl)cc2)C(=O)N(c2ccccc2Cl)C1=O)c1ccccc1. The van der Waals surface area contributed by atoms with Crippen LogP contribution in [0.3, 0.4) is 0 Å². The second kappa shape index (κ2) is 7.74. The lowest BCUT2D eigenvalue weighted by molar-refractivity contribution is -0.120. The van der Waals surface area contributed by atoms with E-state index in [1.807, 2.05) is 30.3 Å². The summed E-state index contributed by atoms with van der Waals surface area (Å²) in [5.41, 5.74) is 2.34. The van der Waals surface area contributed by atoms with Crippen molar-refractivity contribution in [3.05, 3.63) is 100 Å². The Kier molecular flexibility index (Phi) is 5.14. The van der Waals surface area contributed by atoms with Gasteiger partial charge in [0.1, 0.15) is 5.70 Å². The van der Waals surface area contributed by atoms with E-state index >= 15 is 0 Å². The summed E-state index contributed by atoms with van der Waals surface area (Å²) in [6.45, 7) is 0. The third-order valence-electron chi connectivity index (χ3n) is 4.76. The van der Waals surface area contributed by atoms with Crippen molar-refractivity contribution in [1.82, 2.24) is 0 Å². The van der Waals surface area contributed by atoms with Crippen LogP contribution in [-0.4, -0.2) is 18.9 Å². The number of carbonyl (C=O) groups excluding carboxylic acids is 2. The zero-order valence-corrected chi connectivity index (χ0v) is 17.0. The fourth-order valence-electron chi connectivity index (χ4n) is 3.34. The summed E-state index contributed by atoms with van der Waals surface area (Å²) in [4.78, 5) is 29.7. The maximum Gasteiger partial charge on any atom is 0.282 e. The van der Waals surface area contributed by atoms with Gasteiger partial charge < -0.3 is 4.90 Å². The van der Waals surface area contributed by atoms with Gasteiger partial charge in [-0.05, 0) is 42.0 Å². The Hall–Kier alpha value is -3.08. The molecule has 0 fully saturated rings. The van der Waals surface area contributed by atoms with Crippen LogP contribution in [0.2, 0.25) is 10.0 Å². The maximum absolute atomic E-state index is 13.5. The summed E-state index contributed by atoms with van der Waals surface area (Å²) in [7, 11) is 1.77. The number of benzene rings is 3. The van der Waals surface area contributed by atoms with Crippen molar-refractivity contribution in [3.63, 3.8) is 0 Å². The molecule has 0 aliphatic carbocycles. The van der Waals surface area contributed by atoms with E-state index in [-0.39, 0.29) is 5.70 Å². The minimum atomic E-state index is -0.431. The van der Waals surface area contributed by atoms with Gasteiger partial charge in [0.05, 0.1) is 16.3 Å². The van der Waals surface area contributed by atoms with E-state index in [9.17, 15) is 9.59 Å². The lowest BCUT2D eigenvalue weighted by Crippen LogP contribution is -2.34. The monoisotopic (exact) mass is 422 g/mol. The van der Waals surface area contributed by atoms with Crippen LogP contribution in [0.4, 0.5) is 11.4 Å². The van der Waals surface area contributed by atoms with Gasteiger partial charge in [0.15, 0.2) is 0 Å².